The molecule has 0 bridgehead atoms. The van der Waals surface area contributed by atoms with Crippen LogP contribution in [0, 0.1) is 0 Å². The van der Waals surface area contributed by atoms with Gasteiger partial charge < -0.3 is 30.3 Å². The van der Waals surface area contributed by atoms with Crippen molar-refractivity contribution in [3.63, 3.8) is 0 Å². The van der Waals surface area contributed by atoms with Gasteiger partial charge in [0, 0.05) is 72.8 Å². The van der Waals surface area contributed by atoms with Gasteiger partial charge in [0.05, 0.1) is 23.6 Å². The Bertz CT molecular complexity index is 1450. The van der Waals surface area contributed by atoms with Crippen LogP contribution in [0.25, 0.3) is 21.0 Å². The third kappa shape index (κ3) is 6.87. The Hall–Kier alpha value is -3.64. The van der Waals surface area contributed by atoms with E-state index in [0.717, 1.165) is 39.6 Å². The molecule has 0 saturated carbocycles. The number of rotatable bonds is 11. The molecule has 2 amide bonds. The number of fused-ring (bicyclic) bond motifs is 3. The summed E-state index contributed by atoms with van der Waals surface area (Å²) in [6, 6.07) is 13.4. The molecule has 1 aliphatic rings. The molecular weight excluding hydrogens is 516 g/mol. The minimum atomic E-state index is -0.0596. The fraction of sp³-hybridized carbons (Fsp3) is 0.357. The summed E-state index contributed by atoms with van der Waals surface area (Å²) in [6.07, 6.45) is 3.07. The van der Waals surface area contributed by atoms with Gasteiger partial charge in [-0.25, -0.2) is 9.97 Å². The molecule has 1 saturated heterocycles. The van der Waals surface area contributed by atoms with Gasteiger partial charge in [0.1, 0.15) is 0 Å². The third-order valence-corrected chi connectivity index (χ3v) is 7.48. The minimum Gasteiger partial charge on any atom is -0.385 e. The lowest BCUT2D eigenvalue weighted by atomic mass is 10.1. The monoisotopic (exact) mass is 548 g/mol. The van der Waals surface area contributed by atoms with Crippen LogP contribution in [0.3, 0.4) is 0 Å². The van der Waals surface area contributed by atoms with Crippen molar-refractivity contribution in [3.8, 4) is 0 Å². The molecule has 1 aliphatic heterocycles. The summed E-state index contributed by atoms with van der Waals surface area (Å²) in [6.45, 7) is 4.47. The van der Waals surface area contributed by atoms with E-state index in [1.54, 1.807) is 13.3 Å². The molecule has 1 fully saturated rings. The first-order chi connectivity index (χ1) is 19.1. The highest BCUT2D eigenvalue weighted by atomic mass is 32.1. The van der Waals surface area contributed by atoms with Crippen LogP contribution >= 0.6 is 11.3 Å². The van der Waals surface area contributed by atoms with Gasteiger partial charge in [-0.1, -0.05) is 6.07 Å². The van der Waals surface area contributed by atoms with E-state index in [4.69, 9.17) is 14.5 Å². The third-order valence-electron chi connectivity index (χ3n) is 6.39. The summed E-state index contributed by atoms with van der Waals surface area (Å²) >= 11 is 1.48. The number of methoxy groups -OCH3 is 1. The maximum absolute atomic E-state index is 13.0. The molecular formula is C28H32N6O4S. The van der Waals surface area contributed by atoms with E-state index in [0.29, 0.717) is 62.4 Å². The number of aromatic nitrogens is 2. The Labute approximate surface area is 230 Å². The summed E-state index contributed by atoms with van der Waals surface area (Å²) in [5.74, 6) is 0.405. The van der Waals surface area contributed by atoms with Crippen LogP contribution in [0.2, 0.25) is 0 Å². The molecule has 0 radical (unpaired) electrons. The Balaban J connectivity index is 1.26. The molecule has 5 rings (SSSR count). The number of nitrogens with zero attached hydrogens (tertiary/aromatic N) is 3. The number of hydrogen-bond donors (Lipinski definition) is 3. The van der Waals surface area contributed by atoms with Crippen molar-refractivity contribution in [2.45, 2.75) is 12.8 Å². The standard InChI is InChI=1S/C28H32N6O4S/c1-37-13-3-9-29-10-8-25(35)31-20-4-2-5-21(16-20)32-28-30-18-19-6-7-23-22(26(19)33-28)17-24(39-23)27(36)34-11-14-38-15-12-34/h2,4-7,16-18,29H,3,8-15H2,1H3,(H,31,35)(H,30,32,33). The first kappa shape index (κ1) is 26.9. The number of anilines is 3. The number of carbonyl (C=O) groups excluding carboxylic acids is 2. The van der Waals surface area contributed by atoms with Crippen molar-refractivity contribution >= 4 is 61.5 Å². The van der Waals surface area contributed by atoms with Crippen molar-refractivity contribution in [3.05, 3.63) is 53.5 Å². The van der Waals surface area contributed by atoms with Crippen LogP contribution < -0.4 is 16.0 Å². The van der Waals surface area contributed by atoms with Crippen molar-refractivity contribution < 1.29 is 19.1 Å². The van der Waals surface area contributed by atoms with Crippen molar-refractivity contribution in [2.24, 2.45) is 0 Å². The largest absolute Gasteiger partial charge is 0.385 e. The number of carbonyl (C=O) groups is 2. The van der Waals surface area contributed by atoms with Gasteiger partial charge in [-0.2, -0.15) is 0 Å². The van der Waals surface area contributed by atoms with E-state index in [1.807, 2.05) is 47.4 Å². The Kier molecular flexibility index (Phi) is 8.94. The second-order valence-electron chi connectivity index (χ2n) is 9.22. The molecule has 0 atom stereocenters. The Morgan fingerprint density at radius 1 is 1.10 bits per heavy atom. The molecule has 39 heavy (non-hydrogen) atoms. The van der Waals surface area contributed by atoms with E-state index in [-0.39, 0.29) is 11.8 Å². The van der Waals surface area contributed by atoms with Gasteiger partial charge in [0.15, 0.2) is 0 Å². The SMILES string of the molecule is COCCCNCCC(=O)Nc1cccc(Nc2ncc3ccc4sc(C(=O)N5CCOCC5)cc4c3n2)c1. The smallest absolute Gasteiger partial charge is 0.264 e. The zero-order chi connectivity index (χ0) is 27.0. The molecule has 3 heterocycles. The number of thiophene rings is 1. The average molecular weight is 549 g/mol. The molecule has 0 aliphatic carbocycles. The highest BCUT2D eigenvalue weighted by molar-refractivity contribution is 7.21. The molecule has 4 aromatic rings. The van der Waals surface area contributed by atoms with Crippen LogP contribution in [0.4, 0.5) is 17.3 Å². The topological polar surface area (TPSA) is 118 Å². The van der Waals surface area contributed by atoms with Crippen molar-refractivity contribution in [1.29, 1.82) is 0 Å². The van der Waals surface area contributed by atoms with E-state index in [1.165, 1.54) is 11.3 Å². The van der Waals surface area contributed by atoms with Crippen LogP contribution in [0.5, 0.6) is 0 Å². The van der Waals surface area contributed by atoms with Gasteiger partial charge >= 0.3 is 0 Å². The van der Waals surface area contributed by atoms with E-state index in [2.05, 4.69) is 20.9 Å². The lowest BCUT2D eigenvalue weighted by Gasteiger charge is -2.26. The molecule has 0 unspecified atom stereocenters. The number of amides is 2. The van der Waals surface area contributed by atoms with Gasteiger partial charge in [0.25, 0.3) is 5.91 Å². The van der Waals surface area contributed by atoms with E-state index >= 15 is 0 Å². The lowest BCUT2D eigenvalue weighted by Crippen LogP contribution is -2.40. The lowest BCUT2D eigenvalue weighted by molar-refractivity contribution is -0.116. The van der Waals surface area contributed by atoms with Crippen LogP contribution in [-0.4, -0.2) is 79.8 Å². The maximum atomic E-state index is 13.0. The molecule has 2 aromatic heterocycles. The summed E-state index contributed by atoms with van der Waals surface area (Å²) in [4.78, 5) is 37.2. The average Bonchev–Trinajstić information content (AvgIpc) is 3.40. The molecule has 10 nitrogen and oxygen atoms in total. The number of benzene rings is 2. The highest BCUT2D eigenvalue weighted by Crippen LogP contribution is 2.32. The zero-order valence-electron chi connectivity index (χ0n) is 21.9. The highest BCUT2D eigenvalue weighted by Gasteiger charge is 2.21. The van der Waals surface area contributed by atoms with Crippen LogP contribution in [-0.2, 0) is 14.3 Å². The normalized spacial score (nSPS) is 13.6. The molecule has 11 heteroatoms. The van der Waals surface area contributed by atoms with Gasteiger partial charge in [-0.15, -0.1) is 11.3 Å². The first-order valence-electron chi connectivity index (χ1n) is 13.0. The van der Waals surface area contributed by atoms with Crippen molar-refractivity contribution in [1.82, 2.24) is 20.2 Å². The fourth-order valence-corrected chi connectivity index (χ4v) is 5.42. The fourth-order valence-electron chi connectivity index (χ4n) is 4.39. The molecule has 2 aromatic carbocycles. The number of morpholine rings is 1. The molecule has 3 N–H and O–H groups in total. The maximum Gasteiger partial charge on any atom is 0.264 e. The summed E-state index contributed by atoms with van der Waals surface area (Å²) in [5.41, 5.74) is 2.23. The van der Waals surface area contributed by atoms with Crippen molar-refractivity contribution in [2.75, 3.05) is 63.7 Å². The Morgan fingerprint density at radius 2 is 1.95 bits per heavy atom. The molecule has 204 valence electrons. The van der Waals surface area contributed by atoms with Gasteiger partial charge in [0.2, 0.25) is 11.9 Å². The quantitative estimate of drug-likeness (QED) is 0.241. The number of hydrogen-bond acceptors (Lipinski definition) is 9. The molecule has 0 spiro atoms. The van der Waals surface area contributed by atoms with Gasteiger partial charge in [-0.05, 0) is 49.4 Å². The van der Waals surface area contributed by atoms with Crippen LogP contribution in [0.1, 0.15) is 22.5 Å². The second kappa shape index (κ2) is 12.9. The second-order valence-corrected chi connectivity index (χ2v) is 10.3. The van der Waals surface area contributed by atoms with E-state index in [9.17, 15) is 9.59 Å². The number of ether oxygens (including phenoxy) is 2. The van der Waals surface area contributed by atoms with E-state index < -0.39 is 0 Å². The van der Waals surface area contributed by atoms with Gasteiger partial charge in [-0.3, -0.25) is 9.59 Å². The minimum absolute atomic E-state index is 0.0285. The summed E-state index contributed by atoms with van der Waals surface area (Å²) in [5, 5.41) is 11.2. The summed E-state index contributed by atoms with van der Waals surface area (Å²) in [7, 11) is 1.68. The predicted octanol–water partition coefficient (Wildman–Crippen LogP) is 4.02. The zero-order valence-corrected chi connectivity index (χ0v) is 22.7. The predicted molar refractivity (Wildman–Crippen MR) is 154 cm³/mol. The van der Waals surface area contributed by atoms with Crippen LogP contribution in [0.15, 0.2) is 48.7 Å². The number of nitrogens with one attached hydrogen (secondary N) is 3. The summed E-state index contributed by atoms with van der Waals surface area (Å²) < 4.78 is 11.4. The first-order valence-corrected chi connectivity index (χ1v) is 13.9. The Morgan fingerprint density at radius 3 is 2.79 bits per heavy atom.